The smallest absolute Gasteiger partial charge is 0.241 e. The molecule has 41 heavy (non-hydrogen) atoms. The Bertz CT molecular complexity index is 1920. The Morgan fingerprint density at radius 1 is 0.902 bits per heavy atom. The summed E-state index contributed by atoms with van der Waals surface area (Å²) in [4.78, 5) is 36.7. The normalized spacial score (nSPS) is 11.3. The molecule has 204 valence electrons. The molecule has 8 heteroatoms. The molecule has 3 aromatic carbocycles. The molecule has 0 atom stereocenters. The molecule has 0 saturated carbocycles. The molecule has 0 aliphatic heterocycles. The number of hydrogen-bond acceptors (Lipinski definition) is 4. The summed E-state index contributed by atoms with van der Waals surface area (Å²) in [6.45, 7) is 2.69. The van der Waals surface area contributed by atoms with E-state index in [2.05, 4.69) is 14.5 Å². The number of fused-ring (bicyclic) bond motifs is 2. The van der Waals surface area contributed by atoms with Crippen LogP contribution in [-0.2, 0) is 17.9 Å². The Hall–Kier alpha value is -5.11. The lowest BCUT2D eigenvalue weighted by Gasteiger charge is -2.12. The zero-order valence-electron chi connectivity index (χ0n) is 23.0. The second-order valence-electron chi connectivity index (χ2n) is 10.3. The fraction of sp³-hybridized carbons (Fsp3) is 0.152. The minimum atomic E-state index is -0.306. The maximum Gasteiger partial charge on any atom is 0.241 e. The van der Waals surface area contributed by atoms with E-state index in [-0.39, 0.29) is 24.1 Å². The van der Waals surface area contributed by atoms with Crippen molar-refractivity contribution in [3.8, 4) is 11.1 Å². The van der Waals surface area contributed by atoms with Gasteiger partial charge in [0, 0.05) is 55.1 Å². The van der Waals surface area contributed by atoms with E-state index in [0.717, 1.165) is 44.5 Å². The van der Waals surface area contributed by atoms with Crippen LogP contribution in [0.5, 0.6) is 0 Å². The summed E-state index contributed by atoms with van der Waals surface area (Å²) >= 11 is 0. The molecule has 0 N–H and O–H groups in total. The van der Waals surface area contributed by atoms with E-state index in [9.17, 15) is 14.0 Å². The van der Waals surface area contributed by atoms with Crippen LogP contribution in [-0.4, -0.2) is 49.8 Å². The summed E-state index contributed by atoms with van der Waals surface area (Å²) in [6.07, 6.45) is 5.27. The van der Waals surface area contributed by atoms with Crippen molar-refractivity contribution in [2.75, 3.05) is 14.1 Å². The number of aromatic nitrogens is 4. The standard InChI is InChI=1S/C33H28FN5O2/c1-21-36-29-17-35-15-14-30(29)39(21)18-22-4-6-24(7-5-22)33(41)28-19-38(20-32(40)37(2)3)31-16-25(10-13-27(28)31)23-8-11-26(34)12-9-23/h4-17,19H,18,20H2,1-3H3. The van der Waals surface area contributed by atoms with Gasteiger partial charge in [-0.1, -0.05) is 48.5 Å². The van der Waals surface area contributed by atoms with Crippen molar-refractivity contribution in [3.05, 3.63) is 120 Å². The van der Waals surface area contributed by atoms with Crippen molar-refractivity contribution in [1.82, 2.24) is 24.0 Å². The Morgan fingerprint density at radius 3 is 2.37 bits per heavy atom. The number of benzene rings is 3. The first-order valence-corrected chi connectivity index (χ1v) is 13.3. The van der Waals surface area contributed by atoms with Gasteiger partial charge in [-0.05, 0) is 47.9 Å². The SMILES string of the molecule is Cc1nc2cnccc2n1Cc1ccc(C(=O)c2cn(CC(=O)N(C)C)c3cc(-c4ccc(F)cc4)ccc23)cc1. The molecular formula is C33H28FN5O2. The predicted octanol–water partition coefficient (Wildman–Crippen LogP) is 5.87. The number of rotatable bonds is 7. The summed E-state index contributed by atoms with van der Waals surface area (Å²) in [7, 11) is 3.41. The average molecular weight is 546 g/mol. The summed E-state index contributed by atoms with van der Waals surface area (Å²) in [5.41, 5.74) is 6.47. The molecule has 3 heterocycles. The molecule has 0 spiro atoms. The first-order valence-electron chi connectivity index (χ1n) is 13.3. The van der Waals surface area contributed by atoms with Gasteiger partial charge in [0.25, 0.3) is 0 Å². The van der Waals surface area contributed by atoms with E-state index in [1.165, 1.54) is 17.0 Å². The van der Waals surface area contributed by atoms with Crippen LogP contribution in [0.1, 0.15) is 27.3 Å². The van der Waals surface area contributed by atoms with Gasteiger partial charge in [0.2, 0.25) is 5.91 Å². The third kappa shape index (κ3) is 5.00. The molecule has 0 aliphatic rings. The maximum absolute atomic E-state index is 13.8. The number of amides is 1. The van der Waals surface area contributed by atoms with Gasteiger partial charge >= 0.3 is 0 Å². The van der Waals surface area contributed by atoms with Crippen LogP contribution < -0.4 is 0 Å². The minimum Gasteiger partial charge on any atom is -0.347 e. The summed E-state index contributed by atoms with van der Waals surface area (Å²) in [5.74, 6) is 0.380. The van der Waals surface area contributed by atoms with E-state index in [4.69, 9.17) is 0 Å². The highest BCUT2D eigenvalue weighted by Gasteiger charge is 2.19. The minimum absolute atomic E-state index is 0.0875. The summed E-state index contributed by atoms with van der Waals surface area (Å²) in [6, 6.07) is 21.6. The van der Waals surface area contributed by atoms with E-state index in [0.29, 0.717) is 17.7 Å². The van der Waals surface area contributed by atoms with Crippen molar-refractivity contribution in [2.24, 2.45) is 0 Å². The number of ketones is 1. The van der Waals surface area contributed by atoms with Crippen molar-refractivity contribution in [2.45, 2.75) is 20.0 Å². The number of aryl methyl sites for hydroxylation is 1. The molecule has 0 fully saturated rings. The second-order valence-corrected chi connectivity index (χ2v) is 10.3. The van der Waals surface area contributed by atoms with Crippen molar-refractivity contribution in [3.63, 3.8) is 0 Å². The van der Waals surface area contributed by atoms with Crippen molar-refractivity contribution < 1.29 is 14.0 Å². The van der Waals surface area contributed by atoms with Gasteiger partial charge in [-0.2, -0.15) is 0 Å². The number of carbonyl (C=O) groups excluding carboxylic acids is 2. The lowest BCUT2D eigenvalue weighted by molar-refractivity contribution is -0.129. The molecule has 0 saturated heterocycles. The van der Waals surface area contributed by atoms with Crippen LogP contribution >= 0.6 is 0 Å². The Balaban J connectivity index is 1.34. The molecular weight excluding hydrogens is 517 g/mol. The number of halogens is 1. The topological polar surface area (TPSA) is 73.0 Å². The highest BCUT2D eigenvalue weighted by atomic mass is 19.1. The van der Waals surface area contributed by atoms with Gasteiger partial charge < -0.3 is 14.0 Å². The monoisotopic (exact) mass is 545 g/mol. The molecule has 0 bridgehead atoms. The predicted molar refractivity (Wildman–Crippen MR) is 157 cm³/mol. The van der Waals surface area contributed by atoms with Crippen LogP contribution in [0.25, 0.3) is 33.1 Å². The van der Waals surface area contributed by atoms with Gasteiger partial charge in [0.05, 0.1) is 11.7 Å². The number of imidazole rings is 1. The molecule has 1 amide bonds. The lowest BCUT2D eigenvalue weighted by Crippen LogP contribution is -2.25. The molecule has 6 aromatic rings. The number of carbonyl (C=O) groups is 2. The highest BCUT2D eigenvalue weighted by Crippen LogP contribution is 2.30. The zero-order chi connectivity index (χ0) is 28.7. The van der Waals surface area contributed by atoms with Gasteiger partial charge in [-0.25, -0.2) is 9.37 Å². The Kier molecular flexibility index (Phi) is 6.67. The Labute approximate surface area is 236 Å². The summed E-state index contributed by atoms with van der Waals surface area (Å²) in [5, 5.41) is 0.755. The van der Waals surface area contributed by atoms with E-state index in [1.807, 2.05) is 60.0 Å². The molecule has 0 unspecified atom stereocenters. The van der Waals surface area contributed by atoms with Gasteiger partial charge in [0.15, 0.2) is 5.78 Å². The van der Waals surface area contributed by atoms with Crippen LogP contribution in [0.3, 0.4) is 0 Å². The first-order chi connectivity index (χ1) is 19.8. The number of hydrogen-bond donors (Lipinski definition) is 0. The van der Waals surface area contributed by atoms with Gasteiger partial charge in [-0.3, -0.25) is 14.6 Å². The zero-order valence-corrected chi connectivity index (χ0v) is 23.0. The van der Waals surface area contributed by atoms with Crippen LogP contribution in [0.4, 0.5) is 4.39 Å². The van der Waals surface area contributed by atoms with Crippen LogP contribution in [0, 0.1) is 12.7 Å². The average Bonchev–Trinajstić information content (AvgIpc) is 3.49. The molecule has 7 nitrogen and oxygen atoms in total. The second kappa shape index (κ2) is 10.5. The fourth-order valence-electron chi connectivity index (χ4n) is 5.11. The largest absolute Gasteiger partial charge is 0.347 e. The molecule has 3 aromatic heterocycles. The molecule has 0 aliphatic carbocycles. The highest BCUT2D eigenvalue weighted by molar-refractivity contribution is 6.17. The van der Waals surface area contributed by atoms with Crippen molar-refractivity contribution in [1.29, 1.82) is 0 Å². The Morgan fingerprint density at radius 2 is 1.63 bits per heavy atom. The molecule has 6 rings (SSSR count). The third-order valence-electron chi connectivity index (χ3n) is 7.41. The lowest BCUT2D eigenvalue weighted by atomic mass is 9.99. The van der Waals surface area contributed by atoms with Gasteiger partial charge in [0.1, 0.15) is 23.7 Å². The van der Waals surface area contributed by atoms with E-state index in [1.54, 1.807) is 44.8 Å². The number of likely N-dealkylation sites (N-methyl/N-ethyl adjacent to an activating group) is 1. The van der Waals surface area contributed by atoms with Crippen LogP contribution in [0.2, 0.25) is 0 Å². The van der Waals surface area contributed by atoms with Crippen molar-refractivity contribution >= 4 is 33.6 Å². The third-order valence-corrected chi connectivity index (χ3v) is 7.41. The van der Waals surface area contributed by atoms with Gasteiger partial charge in [-0.15, -0.1) is 0 Å². The maximum atomic E-state index is 13.8. The number of pyridine rings is 1. The van der Waals surface area contributed by atoms with E-state index >= 15 is 0 Å². The summed E-state index contributed by atoms with van der Waals surface area (Å²) < 4.78 is 17.4. The number of nitrogens with zero attached hydrogens (tertiary/aromatic N) is 5. The van der Waals surface area contributed by atoms with E-state index < -0.39 is 0 Å². The molecule has 0 radical (unpaired) electrons. The fourth-order valence-corrected chi connectivity index (χ4v) is 5.11. The van der Waals surface area contributed by atoms with Crippen LogP contribution in [0.15, 0.2) is 91.4 Å². The first kappa shape index (κ1) is 26.1. The quantitative estimate of drug-likeness (QED) is 0.235.